The summed E-state index contributed by atoms with van der Waals surface area (Å²) in [6, 6.07) is 5.43. The lowest BCUT2D eigenvalue weighted by Crippen LogP contribution is -2.07. The van der Waals surface area contributed by atoms with Crippen molar-refractivity contribution in [1.29, 1.82) is 5.41 Å². The number of allylic oxidation sites excluding steroid dienone is 2. The average Bonchev–Trinajstić information content (AvgIpc) is 2.71. The molecule has 0 atom stereocenters. The Morgan fingerprint density at radius 2 is 2.17 bits per heavy atom. The molecule has 1 aliphatic carbocycles. The molecule has 0 unspecified atom stereocenters. The molecule has 2 aromatic rings. The quantitative estimate of drug-likeness (QED) is 0.644. The summed E-state index contributed by atoms with van der Waals surface area (Å²) in [5, 5.41) is 10.9. The molecule has 2 N–H and O–H groups in total. The van der Waals surface area contributed by atoms with Crippen LogP contribution in [-0.4, -0.2) is 22.0 Å². The van der Waals surface area contributed by atoms with Crippen LogP contribution in [0.1, 0.15) is 33.7 Å². The molecule has 1 aromatic carbocycles. The topological polar surface area (TPSA) is 78.7 Å². The van der Waals surface area contributed by atoms with Gasteiger partial charge in [-0.1, -0.05) is 42.5 Å². The summed E-state index contributed by atoms with van der Waals surface area (Å²) >= 11 is 5.97. The van der Waals surface area contributed by atoms with E-state index >= 15 is 0 Å². The molecule has 0 bridgehead atoms. The van der Waals surface area contributed by atoms with Crippen molar-refractivity contribution in [3.05, 3.63) is 64.1 Å². The van der Waals surface area contributed by atoms with Crippen LogP contribution in [0.2, 0.25) is 5.15 Å². The van der Waals surface area contributed by atoms with E-state index < -0.39 is 0 Å². The van der Waals surface area contributed by atoms with Gasteiger partial charge in [0.25, 0.3) is 0 Å². The van der Waals surface area contributed by atoms with E-state index in [0.717, 1.165) is 11.8 Å². The van der Waals surface area contributed by atoms with Gasteiger partial charge in [0.05, 0.1) is 5.69 Å². The van der Waals surface area contributed by atoms with Crippen LogP contribution in [0.4, 0.5) is 11.5 Å². The smallest absolute Gasteiger partial charge is 0.189 e. The molecule has 0 amide bonds. The largest absolute Gasteiger partial charge is 0.338 e. The summed E-state index contributed by atoms with van der Waals surface area (Å²) in [6.45, 7) is 5.57. The van der Waals surface area contributed by atoms with E-state index in [1.54, 1.807) is 19.1 Å². The van der Waals surface area contributed by atoms with Crippen molar-refractivity contribution in [3.63, 3.8) is 0 Å². The van der Waals surface area contributed by atoms with E-state index in [-0.39, 0.29) is 10.9 Å². The van der Waals surface area contributed by atoms with Crippen molar-refractivity contribution < 1.29 is 4.79 Å². The van der Waals surface area contributed by atoms with Gasteiger partial charge in [-0.25, -0.2) is 9.97 Å². The molecule has 0 spiro atoms. The number of aryl methyl sites for hydroxylation is 1. The zero-order valence-corrected chi connectivity index (χ0v) is 13.8. The minimum absolute atomic E-state index is 0.0655. The number of halogens is 1. The van der Waals surface area contributed by atoms with Gasteiger partial charge in [-0.05, 0) is 25.0 Å². The first-order chi connectivity index (χ1) is 11.5. The number of aromatic nitrogens is 2. The summed E-state index contributed by atoms with van der Waals surface area (Å²) in [6.07, 6.45) is 5.42. The average molecular weight is 339 g/mol. The van der Waals surface area contributed by atoms with E-state index in [1.807, 2.05) is 18.2 Å². The van der Waals surface area contributed by atoms with E-state index in [0.29, 0.717) is 40.5 Å². The third-order valence-electron chi connectivity index (χ3n) is 3.75. The number of nitrogens with zero attached hydrogens (tertiary/aromatic N) is 2. The lowest BCUT2D eigenvalue weighted by Gasteiger charge is -2.14. The molecular weight excluding hydrogens is 324 g/mol. The zero-order valence-electron chi connectivity index (χ0n) is 13.1. The Morgan fingerprint density at radius 1 is 1.38 bits per heavy atom. The molecule has 1 heterocycles. The van der Waals surface area contributed by atoms with Gasteiger partial charge >= 0.3 is 0 Å². The van der Waals surface area contributed by atoms with Crippen LogP contribution < -0.4 is 5.32 Å². The number of anilines is 2. The minimum atomic E-state index is -0.0655. The Labute approximate surface area is 144 Å². The van der Waals surface area contributed by atoms with Crippen LogP contribution in [0, 0.1) is 12.3 Å². The van der Waals surface area contributed by atoms with Crippen LogP contribution >= 0.6 is 11.6 Å². The molecular formula is C18H15ClN4O. The molecule has 0 aliphatic heterocycles. The molecule has 6 heteroatoms. The molecule has 24 heavy (non-hydrogen) atoms. The first kappa shape index (κ1) is 16.1. The maximum atomic E-state index is 12.4. The van der Waals surface area contributed by atoms with Crippen molar-refractivity contribution in [3.8, 4) is 0 Å². The second kappa shape index (κ2) is 6.37. The van der Waals surface area contributed by atoms with Crippen LogP contribution in [0.3, 0.4) is 0 Å². The number of carbonyl (C=O) groups is 1. The van der Waals surface area contributed by atoms with Gasteiger partial charge in [0.15, 0.2) is 16.8 Å². The number of fused-ring (bicyclic) bond motifs is 1. The predicted molar refractivity (Wildman–Crippen MR) is 96.5 cm³/mol. The van der Waals surface area contributed by atoms with Crippen LogP contribution in [0.5, 0.6) is 0 Å². The Morgan fingerprint density at radius 3 is 2.92 bits per heavy atom. The Kier molecular flexibility index (Phi) is 4.27. The number of rotatable bonds is 3. The number of carbonyl (C=O) groups excluding carboxylic acids is 1. The van der Waals surface area contributed by atoms with E-state index in [1.165, 1.54) is 0 Å². The summed E-state index contributed by atoms with van der Waals surface area (Å²) in [5.41, 5.74) is 3.53. The SMILES string of the molecule is C=C1CC=Cc2c(Nc3nc(C)c(Cl)nc3C=N)cccc2C1=O. The van der Waals surface area contributed by atoms with Gasteiger partial charge in [-0.3, -0.25) is 4.79 Å². The van der Waals surface area contributed by atoms with Gasteiger partial charge in [-0.15, -0.1) is 0 Å². The molecule has 0 saturated carbocycles. The summed E-state index contributed by atoms with van der Waals surface area (Å²) in [4.78, 5) is 20.9. The lowest BCUT2D eigenvalue weighted by molar-refractivity contribution is 0.103. The summed E-state index contributed by atoms with van der Waals surface area (Å²) < 4.78 is 0. The van der Waals surface area contributed by atoms with Crippen molar-refractivity contribution in [2.45, 2.75) is 13.3 Å². The second-order valence-corrected chi connectivity index (χ2v) is 5.77. The van der Waals surface area contributed by atoms with Crippen LogP contribution in [-0.2, 0) is 0 Å². The fourth-order valence-corrected chi connectivity index (χ4v) is 2.62. The van der Waals surface area contributed by atoms with Gasteiger partial charge in [-0.2, -0.15) is 0 Å². The zero-order chi connectivity index (χ0) is 17.3. The maximum Gasteiger partial charge on any atom is 0.189 e. The van der Waals surface area contributed by atoms with Crippen molar-refractivity contribution in [2.75, 3.05) is 5.32 Å². The fraction of sp³-hybridized carbons (Fsp3) is 0.111. The Bertz CT molecular complexity index is 902. The Balaban J connectivity index is 2.10. The Hall–Kier alpha value is -2.79. The fourth-order valence-electron chi connectivity index (χ4n) is 2.48. The van der Waals surface area contributed by atoms with Gasteiger partial charge < -0.3 is 10.7 Å². The molecule has 3 rings (SSSR count). The molecule has 0 fully saturated rings. The highest BCUT2D eigenvalue weighted by molar-refractivity contribution is 6.30. The normalized spacial score (nSPS) is 13.4. The molecule has 0 saturated heterocycles. The van der Waals surface area contributed by atoms with Crippen molar-refractivity contribution >= 4 is 41.2 Å². The number of hydrogen-bond acceptors (Lipinski definition) is 5. The van der Waals surface area contributed by atoms with Gasteiger partial charge in [0, 0.05) is 23.0 Å². The number of hydrogen-bond donors (Lipinski definition) is 2. The standard InChI is InChI=1S/C18H15ClN4O/c1-10-5-3-6-12-13(16(10)24)7-4-8-14(12)23-18-15(9-20)22-17(19)11(2)21-18/h3-4,6-9,20H,1,5H2,2H3,(H,21,23). The summed E-state index contributed by atoms with van der Waals surface area (Å²) in [7, 11) is 0. The van der Waals surface area contributed by atoms with Crippen LogP contribution in [0.25, 0.3) is 6.08 Å². The van der Waals surface area contributed by atoms with E-state index in [2.05, 4.69) is 21.9 Å². The predicted octanol–water partition coefficient (Wildman–Crippen LogP) is 4.34. The van der Waals surface area contributed by atoms with Crippen molar-refractivity contribution in [2.24, 2.45) is 0 Å². The first-order valence-electron chi connectivity index (χ1n) is 7.35. The first-order valence-corrected chi connectivity index (χ1v) is 7.72. The molecule has 5 nitrogen and oxygen atoms in total. The maximum absolute atomic E-state index is 12.4. The molecule has 1 aromatic heterocycles. The number of ketones is 1. The molecule has 120 valence electrons. The monoisotopic (exact) mass is 338 g/mol. The van der Waals surface area contributed by atoms with E-state index in [9.17, 15) is 4.79 Å². The van der Waals surface area contributed by atoms with Gasteiger partial charge in [0.1, 0.15) is 5.69 Å². The third-order valence-corrected chi connectivity index (χ3v) is 4.11. The number of Topliss-reactive ketones (excluding diaryl/α,β-unsaturated/α-hetero) is 1. The molecule has 0 radical (unpaired) electrons. The minimum Gasteiger partial charge on any atom is -0.338 e. The highest BCUT2D eigenvalue weighted by Crippen LogP contribution is 2.30. The highest BCUT2D eigenvalue weighted by atomic mass is 35.5. The second-order valence-electron chi connectivity index (χ2n) is 5.41. The molecule has 1 aliphatic rings. The van der Waals surface area contributed by atoms with E-state index in [4.69, 9.17) is 17.0 Å². The summed E-state index contributed by atoms with van der Waals surface area (Å²) in [5.74, 6) is 0.355. The lowest BCUT2D eigenvalue weighted by atomic mass is 9.99. The van der Waals surface area contributed by atoms with Crippen molar-refractivity contribution in [1.82, 2.24) is 9.97 Å². The van der Waals surface area contributed by atoms with Gasteiger partial charge in [0.2, 0.25) is 0 Å². The highest BCUT2D eigenvalue weighted by Gasteiger charge is 2.19. The number of benzene rings is 1. The number of nitrogens with one attached hydrogen (secondary N) is 2. The van der Waals surface area contributed by atoms with Crippen LogP contribution in [0.15, 0.2) is 36.4 Å². The third kappa shape index (κ3) is 2.86.